The molecule has 0 radical (unpaired) electrons. The normalized spacial score (nSPS) is 18.2. The Kier molecular flexibility index (Phi) is 3.90. The highest BCUT2D eigenvalue weighted by atomic mass is 16.4. The minimum Gasteiger partial charge on any atom is -0.478 e. The number of nitrogens with one attached hydrogen (secondary N) is 1. The maximum absolute atomic E-state index is 11.4. The summed E-state index contributed by atoms with van der Waals surface area (Å²) in [5, 5.41) is 12.6. The van der Waals surface area contributed by atoms with Crippen LogP contribution in [0.5, 0.6) is 0 Å². The van der Waals surface area contributed by atoms with E-state index >= 15 is 0 Å². The average Bonchev–Trinajstić information content (AvgIpc) is 2.40. The van der Waals surface area contributed by atoms with Crippen LogP contribution in [0.1, 0.15) is 60.1 Å². The molecule has 0 aliphatic heterocycles. The maximum atomic E-state index is 11.4. The van der Waals surface area contributed by atoms with Crippen molar-refractivity contribution >= 4 is 11.8 Å². The van der Waals surface area contributed by atoms with E-state index in [1.54, 1.807) is 0 Å². The molecule has 2 aliphatic carbocycles. The van der Waals surface area contributed by atoms with Gasteiger partial charge in [0, 0.05) is 12.2 Å². The van der Waals surface area contributed by atoms with Gasteiger partial charge in [0.05, 0.1) is 0 Å². The number of rotatable bonds is 5. The summed E-state index contributed by atoms with van der Waals surface area (Å²) in [4.78, 5) is 16.0. The third-order valence-corrected chi connectivity index (χ3v) is 4.60. The highest BCUT2D eigenvalue weighted by Crippen LogP contribution is 2.29. The number of anilines is 1. The fraction of sp³-hybridized carbons (Fsp3) is 0.625. The van der Waals surface area contributed by atoms with E-state index < -0.39 is 5.97 Å². The van der Waals surface area contributed by atoms with Crippen molar-refractivity contribution in [2.45, 2.75) is 51.4 Å². The maximum Gasteiger partial charge on any atom is 0.339 e. The summed E-state index contributed by atoms with van der Waals surface area (Å²) in [6, 6.07) is 1.83. The first kappa shape index (κ1) is 13.4. The third-order valence-electron chi connectivity index (χ3n) is 4.60. The Morgan fingerprint density at radius 2 is 2.10 bits per heavy atom. The molecule has 0 amide bonds. The number of hydrogen-bond acceptors (Lipinski definition) is 3. The van der Waals surface area contributed by atoms with E-state index in [1.165, 1.54) is 19.3 Å². The lowest BCUT2D eigenvalue weighted by Crippen LogP contribution is -2.18. The van der Waals surface area contributed by atoms with Crippen LogP contribution < -0.4 is 5.32 Å². The Bertz CT molecular complexity index is 509. The topological polar surface area (TPSA) is 62.2 Å². The Morgan fingerprint density at radius 1 is 1.30 bits per heavy atom. The first-order valence-corrected chi connectivity index (χ1v) is 7.74. The number of hydrogen-bond donors (Lipinski definition) is 2. The van der Waals surface area contributed by atoms with Gasteiger partial charge in [-0.2, -0.15) is 0 Å². The lowest BCUT2D eigenvalue weighted by atomic mass is 9.83. The van der Waals surface area contributed by atoms with Crippen LogP contribution in [0.3, 0.4) is 0 Å². The zero-order valence-corrected chi connectivity index (χ0v) is 11.8. The van der Waals surface area contributed by atoms with Gasteiger partial charge in [-0.05, 0) is 49.7 Å². The molecule has 1 aromatic heterocycles. The largest absolute Gasteiger partial charge is 0.478 e. The van der Waals surface area contributed by atoms with Gasteiger partial charge in [-0.25, -0.2) is 9.78 Å². The Morgan fingerprint density at radius 3 is 2.80 bits per heavy atom. The summed E-state index contributed by atoms with van der Waals surface area (Å²) >= 11 is 0. The molecule has 2 aliphatic rings. The lowest BCUT2D eigenvalue weighted by molar-refractivity contribution is 0.0697. The van der Waals surface area contributed by atoms with Crippen molar-refractivity contribution in [1.29, 1.82) is 0 Å². The molecule has 0 aromatic carbocycles. The number of aryl methyl sites for hydroxylation is 2. The molecule has 2 N–H and O–H groups in total. The quantitative estimate of drug-likeness (QED) is 0.865. The predicted molar refractivity (Wildman–Crippen MR) is 78.3 cm³/mol. The highest BCUT2D eigenvalue weighted by molar-refractivity contribution is 5.93. The van der Waals surface area contributed by atoms with Gasteiger partial charge in [-0.15, -0.1) is 0 Å². The van der Waals surface area contributed by atoms with E-state index in [0.29, 0.717) is 11.4 Å². The SMILES string of the molecule is O=C(O)c1cc2c(nc1NCCC1CCC1)CCCC2. The van der Waals surface area contributed by atoms with Crippen LogP contribution in [0.25, 0.3) is 0 Å². The molecule has 4 heteroatoms. The van der Waals surface area contributed by atoms with Crippen molar-refractivity contribution in [2.75, 3.05) is 11.9 Å². The Hall–Kier alpha value is -1.58. The molecule has 1 aromatic rings. The summed E-state index contributed by atoms with van der Waals surface area (Å²) in [7, 11) is 0. The predicted octanol–water partition coefficient (Wildman–Crippen LogP) is 3.26. The second kappa shape index (κ2) is 5.81. The molecular weight excluding hydrogens is 252 g/mol. The zero-order valence-electron chi connectivity index (χ0n) is 11.8. The number of aromatic nitrogens is 1. The van der Waals surface area contributed by atoms with Gasteiger partial charge in [-0.1, -0.05) is 19.3 Å². The van der Waals surface area contributed by atoms with Crippen molar-refractivity contribution in [3.05, 3.63) is 22.9 Å². The number of carboxylic acid groups (broad SMARTS) is 1. The van der Waals surface area contributed by atoms with E-state index in [1.807, 2.05) is 6.07 Å². The van der Waals surface area contributed by atoms with Crippen LogP contribution in [0, 0.1) is 5.92 Å². The molecule has 0 spiro atoms. The molecule has 1 fully saturated rings. The van der Waals surface area contributed by atoms with Crippen LogP contribution >= 0.6 is 0 Å². The molecule has 0 atom stereocenters. The van der Waals surface area contributed by atoms with E-state index in [9.17, 15) is 9.90 Å². The van der Waals surface area contributed by atoms with Crippen molar-refractivity contribution in [1.82, 2.24) is 4.98 Å². The molecule has 4 nitrogen and oxygen atoms in total. The van der Waals surface area contributed by atoms with Crippen LogP contribution in [0.2, 0.25) is 0 Å². The number of carboxylic acids is 1. The smallest absolute Gasteiger partial charge is 0.339 e. The van der Waals surface area contributed by atoms with Crippen molar-refractivity contribution in [2.24, 2.45) is 5.92 Å². The molecule has 20 heavy (non-hydrogen) atoms. The van der Waals surface area contributed by atoms with Gasteiger partial charge in [0.25, 0.3) is 0 Å². The van der Waals surface area contributed by atoms with Crippen molar-refractivity contribution in [3.8, 4) is 0 Å². The standard InChI is InChI=1S/C16H22N2O2/c19-16(20)13-10-12-6-1-2-7-14(12)18-15(13)17-9-8-11-4-3-5-11/h10-11H,1-9H2,(H,17,18)(H,19,20). The second-order valence-corrected chi connectivity index (χ2v) is 6.01. The van der Waals surface area contributed by atoms with Gasteiger partial charge < -0.3 is 10.4 Å². The minimum absolute atomic E-state index is 0.333. The van der Waals surface area contributed by atoms with E-state index in [4.69, 9.17) is 0 Å². The molecule has 1 heterocycles. The average molecular weight is 274 g/mol. The summed E-state index contributed by atoms with van der Waals surface area (Å²) in [6.07, 6.45) is 9.36. The van der Waals surface area contributed by atoms with Gasteiger partial charge >= 0.3 is 5.97 Å². The number of fused-ring (bicyclic) bond motifs is 1. The van der Waals surface area contributed by atoms with Gasteiger partial charge in [0.1, 0.15) is 11.4 Å². The summed E-state index contributed by atoms with van der Waals surface area (Å²) in [5.74, 6) is 0.517. The fourth-order valence-corrected chi connectivity index (χ4v) is 3.11. The number of nitrogens with zero attached hydrogens (tertiary/aromatic N) is 1. The van der Waals surface area contributed by atoms with Crippen LogP contribution in [0.4, 0.5) is 5.82 Å². The molecule has 0 unspecified atom stereocenters. The minimum atomic E-state index is -0.878. The first-order valence-electron chi connectivity index (χ1n) is 7.74. The van der Waals surface area contributed by atoms with Crippen LogP contribution in [-0.4, -0.2) is 22.6 Å². The zero-order chi connectivity index (χ0) is 13.9. The summed E-state index contributed by atoms with van der Waals surface area (Å²) in [5.41, 5.74) is 2.55. The second-order valence-electron chi connectivity index (χ2n) is 6.01. The molecule has 108 valence electrons. The van der Waals surface area contributed by atoms with E-state index in [0.717, 1.165) is 55.8 Å². The van der Waals surface area contributed by atoms with E-state index in [-0.39, 0.29) is 0 Å². The van der Waals surface area contributed by atoms with Crippen LogP contribution in [0.15, 0.2) is 6.07 Å². The molecule has 3 rings (SSSR count). The van der Waals surface area contributed by atoms with E-state index in [2.05, 4.69) is 10.3 Å². The summed E-state index contributed by atoms with van der Waals surface area (Å²) < 4.78 is 0. The highest BCUT2D eigenvalue weighted by Gasteiger charge is 2.20. The number of pyridine rings is 1. The van der Waals surface area contributed by atoms with Crippen molar-refractivity contribution < 1.29 is 9.90 Å². The third kappa shape index (κ3) is 2.79. The van der Waals surface area contributed by atoms with Crippen LogP contribution in [-0.2, 0) is 12.8 Å². The molecule has 0 saturated heterocycles. The fourth-order valence-electron chi connectivity index (χ4n) is 3.11. The van der Waals surface area contributed by atoms with Crippen molar-refractivity contribution in [3.63, 3.8) is 0 Å². The number of carbonyl (C=O) groups is 1. The summed E-state index contributed by atoms with van der Waals surface area (Å²) in [6.45, 7) is 0.830. The van der Waals surface area contributed by atoms with Gasteiger partial charge in [0.15, 0.2) is 0 Å². The van der Waals surface area contributed by atoms with Gasteiger partial charge in [-0.3, -0.25) is 0 Å². The van der Waals surface area contributed by atoms with Gasteiger partial charge in [0.2, 0.25) is 0 Å². The molecule has 0 bridgehead atoms. The lowest BCUT2D eigenvalue weighted by Gasteiger charge is -2.25. The Balaban J connectivity index is 1.74. The Labute approximate surface area is 119 Å². The monoisotopic (exact) mass is 274 g/mol. The first-order chi connectivity index (χ1) is 9.74. The molecular formula is C16H22N2O2. The molecule has 1 saturated carbocycles. The number of aromatic carboxylic acids is 1.